The van der Waals surface area contributed by atoms with Crippen LogP contribution >= 0.6 is 0 Å². The highest BCUT2D eigenvalue weighted by Crippen LogP contribution is 2.30. The van der Waals surface area contributed by atoms with Gasteiger partial charge in [-0.15, -0.1) is 0 Å². The monoisotopic (exact) mass is 263 g/mol. The standard InChI is InChI=1S/C14H11F2NO2/c15-11-6-9-2-1-4-17(13(9)7-12(11)16)14(18)10-3-5-19-8-10/h3,5-8H,1-2,4H2. The van der Waals surface area contributed by atoms with Gasteiger partial charge in [-0.1, -0.05) is 0 Å². The van der Waals surface area contributed by atoms with E-state index < -0.39 is 11.6 Å². The van der Waals surface area contributed by atoms with Crippen LogP contribution in [0.5, 0.6) is 0 Å². The molecule has 98 valence electrons. The van der Waals surface area contributed by atoms with Gasteiger partial charge in [0.1, 0.15) is 6.26 Å². The zero-order valence-electron chi connectivity index (χ0n) is 10.0. The number of benzene rings is 1. The number of fused-ring (bicyclic) bond motifs is 1. The maximum Gasteiger partial charge on any atom is 0.261 e. The maximum atomic E-state index is 13.4. The van der Waals surface area contributed by atoms with Crippen molar-refractivity contribution < 1.29 is 18.0 Å². The van der Waals surface area contributed by atoms with E-state index in [2.05, 4.69) is 0 Å². The summed E-state index contributed by atoms with van der Waals surface area (Å²) in [5, 5.41) is 0. The quantitative estimate of drug-likeness (QED) is 0.792. The normalized spacial score (nSPS) is 14.3. The van der Waals surface area contributed by atoms with Gasteiger partial charge in [0.25, 0.3) is 5.91 Å². The minimum atomic E-state index is -0.939. The van der Waals surface area contributed by atoms with Gasteiger partial charge in [-0.2, -0.15) is 0 Å². The first-order valence-corrected chi connectivity index (χ1v) is 5.99. The fourth-order valence-corrected chi connectivity index (χ4v) is 2.33. The Morgan fingerprint density at radius 1 is 1.26 bits per heavy atom. The molecule has 3 rings (SSSR count). The molecule has 0 unspecified atom stereocenters. The van der Waals surface area contributed by atoms with Gasteiger partial charge in [0.15, 0.2) is 11.6 Å². The van der Waals surface area contributed by atoms with Gasteiger partial charge in [-0.25, -0.2) is 8.78 Å². The highest BCUT2D eigenvalue weighted by molar-refractivity contribution is 6.06. The molecule has 0 fully saturated rings. The minimum absolute atomic E-state index is 0.263. The molecule has 5 heteroatoms. The summed E-state index contributed by atoms with van der Waals surface area (Å²) in [4.78, 5) is 13.7. The molecule has 1 aromatic carbocycles. The summed E-state index contributed by atoms with van der Waals surface area (Å²) in [5.41, 5.74) is 1.50. The van der Waals surface area contributed by atoms with Gasteiger partial charge in [0, 0.05) is 12.6 Å². The van der Waals surface area contributed by atoms with Crippen LogP contribution < -0.4 is 4.90 Å². The number of rotatable bonds is 1. The molecule has 0 N–H and O–H groups in total. The average Bonchev–Trinajstić information content (AvgIpc) is 2.92. The minimum Gasteiger partial charge on any atom is -0.472 e. The van der Waals surface area contributed by atoms with Crippen LogP contribution in [0, 0.1) is 11.6 Å². The summed E-state index contributed by atoms with van der Waals surface area (Å²) in [7, 11) is 0. The average molecular weight is 263 g/mol. The molecular weight excluding hydrogens is 252 g/mol. The first-order valence-electron chi connectivity index (χ1n) is 5.99. The third kappa shape index (κ3) is 2.01. The van der Waals surface area contributed by atoms with E-state index in [9.17, 15) is 13.6 Å². The molecule has 1 aliphatic rings. The summed E-state index contributed by atoms with van der Waals surface area (Å²) in [6, 6.07) is 3.80. The number of carbonyl (C=O) groups is 1. The Bertz CT molecular complexity index is 623. The lowest BCUT2D eigenvalue weighted by Gasteiger charge is -2.29. The highest BCUT2D eigenvalue weighted by Gasteiger charge is 2.25. The molecule has 0 saturated carbocycles. The lowest BCUT2D eigenvalue weighted by molar-refractivity contribution is 0.0984. The summed E-state index contributed by atoms with van der Waals surface area (Å²) in [6.07, 6.45) is 4.11. The van der Waals surface area contributed by atoms with Crippen LogP contribution in [0.15, 0.2) is 35.1 Å². The van der Waals surface area contributed by atoms with E-state index in [1.54, 1.807) is 6.07 Å². The van der Waals surface area contributed by atoms with Gasteiger partial charge < -0.3 is 9.32 Å². The second-order valence-electron chi connectivity index (χ2n) is 4.47. The van der Waals surface area contributed by atoms with E-state index >= 15 is 0 Å². The Hall–Kier alpha value is -2.17. The molecule has 19 heavy (non-hydrogen) atoms. The van der Waals surface area contributed by atoms with Gasteiger partial charge in [0.05, 0.1) is 17.5 Å². The molecule has 3 nitrogen and oxygen atoms in total. The predicted molar refractivity (Wildman–Crippen MR) is 65.1 cm³/mol. The van der Waals surface area contributed by atoms with E-state index in [0.29, 0.717) is 29.8 Å². The van der Waals surface area contributed by atoms with E-state index in [1.807, 2.05) is 0 Å². The van der Waals surface area contributed by atoms with Crippen molar-refractivity contribution in [2.75, 3.05) is 11.4 Å². The van der Waals surface area contributed by atoms with E-state index in [0.717, 1.165) is 12.5 Å². The number of hydrogen-bond donors (Lipinski definition) is 0. The number of anilines is 1. The number of furan rings is 1. The van der Waals surface area contributed by atoms with Crippen molar-refractivity contribution in [3.8, 4) is 0 Å². The SMILES string of the molecule is O=C(c1ccoc1)N1CCCc2cc(F)c(F)cc21. The third-order valence-electron chi connectivity index (χ3n) is 3.25. The molecule has 0 spiro atoms. The lowest BCUT2D eigenvalue weighted by Crippen LogP contribution is -2.35. The second-order valence-corrected chi connectivity index (χ2v) is 4.47. The molecule has 0 atom stereocenters. The zero-order chi connectivity index (χ0) is 13.4. The Balaban J connectivity index is 2.03. The van der Waals surface area contributed by atoms with Crippen LogP contribution in [0.3, 0.4) is 0 Å². The fourth-order valence-electron chi connectivity index (χ4n) is 2.33. The molecule has 0 radical (unpaired) electrons. The summed E-state index contributed by atoms with van der Waals surface area (Å²) in [6.45, 7) is 0.488. The number of amides is 1. The number of hydrogen-bond acceptors (Lipinski definition) is 2. The van der Waals surface area contributed by atoms with Gasteiger partial charge in [0.2, 0.25) is 0 Å². The van der Waals surface area contributed by atoms with Crippen LogP contribution in [-0.2, 0) is 6.42 Å². The molecule has 0 aliphatic carbocycles. The molecule has 1 aromatic heterocycles. The number of carbonyl (C=O) groups excluding carboxylic acids is 1. The van der Waals surface area contributed by atoms with Gasteiger partial charge in [-0.05, 0) is 30.5 Å². The van der Waals surface area contributed by atoms with Crippen molar-refractivity contribution in [2.45, 2.75) is 12.8 Å². The van der Waals surface area contributed by atoms with Crippen molar-refractivity contribution in [1.29, 1.82) is 0 Å². The van der Waals surface area contributed by atoms with Crippen LogP contribution in [0.25, 0.3) is 0 Å². The molecule has 1 aliphatic heterocycles. The van der Waals surface area contributed by atoms with E-state index in [1.165, 1.54) is 23.5 Å². The summed E-state index contributed by atoms with van der Waals surface area (Å²) < 4.78 is 31.4. The van der Waals surface area contributed by atoms with E-state index in [-0.39, 0.29) is 5.91 Å². The second kappa shape index (κ2) is 4.50. The van der Waals surface area contributed by atoms with Crippen LogP contribution in [0.2, 0.25) is 0 Å². The number of aryl methyl sites for hydroxylation is 1. The van der Waals surface area contributed by atoms with Crippen molar-refractivity contribution >= 4 is 11.6 Å². The topological polar surface area (TPSA) is 33.5 Å². The first-order chi connectivity index (χ1) is 9.16. The smallest absolute Gasteiger partial charge is 0.261 e. The van der Waals surface area contributed by atoms with Crippen LogP contribution in [0.4, 0.5) is 14.5 Å². The summed E-state index contributed by atoms with van der Waals surface area (Å²) >= 11 is 0. The van der Waals surface area contributed by atoms with Crippen molar-refractivity contribution in [2.24, 2.45) is 0 Å². The Morgan fingerprint density at radius 3 is 2.79 bits per heavy atom. The fraction of sp³-hybridized carbons (Fsp3) is 0.214. The molecular formula is C14H11F2NO2. The summed E-state index contributed by atoms with van der Waals surface area (Å²) in [5.74, 6) is -2.08. The van der Waals surface area contributed by atoms with Crippen LogP contribution in [-0.4, -0.2) is 12.5 Å². The zero-order valence-corrected chi connectivity index (χ0v) is 10.0. The first kappa shape index (κ1) is 11.9. The Kier molecular flexibility index (Phi) is 2.81. The van der Waals surface area contributed by atoms with Gasteiger partial charge in [-0.3, -0.25) is 4.79 Å². The lowest BCUT2D eigenvalue weighted by atomic mass is 10.0. The number of nitrogens with zero attached hydrogens (tertiary/aromatic N) is 1. The molecule has 2 heterocycles. The van der Waals surface area contributed by atoms with Crippen LogP contribution in [0.1, 0.15) is 22.3 Å². The van der Waals surface area contributed by atoms with Crippen molar-refractivity contribution in [1.82, 2.24) is 0 Å². The third-order valence-corrected chi connectivity index (χ3v) is 3.25. The maximum absolute atomic E-state index is 13.4. The molecule has 0 saturated heterocycles. The van der Waals surface area contributed by atoms with Crippen molar-refractivity contribution in [3.63, 3.8) is 0 Å². The number of halogens is 2. The molecule has 2 aromatic rings. The Morgan fingerprint density at radius 2 is 2.05 bits per heavy atom. The predicted octanol–water partition coefficient (Wildman–Crippen LogP) is 3.15. The van der Waals surface area contributed by atoms with Crippen molar-refractivity contribution in [3.05, 3.63) is 53.5 Å². The highest BCUT2D eigenvalue weighted by atomic mass is 19.2. The molecule has 0 bridgehead atoms. The molecule has 1 amide bonds. The van der Waals surface area contributed by atoms with Gasteiger partial charge >= 0.3 is 0 Å². The van der Waals surface area contributed by atoms with E-state index in [4.69, 9.17) is 4.42 Å². The largest absolute Gasteiger partial charge is 0.472 e. The Labute approximate surface area is 108 Å².